The molecule has 1 N–H and O–H groups in total. The lowest BCUT2D eigenvalue weighted by Gasteiger charge is -2.26. The van der Waals surface area contributed by atoms with Crippen LogP contribution in [0.1, 0.15) is 32.7 Å². The zero-order valence-corrected chi connectivity index (χ0v) is 10.1. The summed E-state index contributed by atoms with van der Waals surface area (Å²) in [5, 5.41) is 3.79. The van der Waals surface area contributed by atoms with Crippen molar-refractivity contribution in [2.75, 3.05) is 19.5 Å². The van der Waals surface area contributed by atoms with Gasteiger partial charge in [-0.3, -0.25) is 0 Å². The van der Waals surface area contributed by atoms with Gasteiger partial charge in [-0.1, -0.05) is 20.8 Å². The summed E-state index contributed by atoms with van der Waals surface area (Å²) in [6, 6.07) is 0. The minimum atomic E-state index is -0.0548. The van der Waals surface area contributed by atoms with Gasteiger partial charge in [0, 0.05) is 25.7 Å². The molecule has 0 radical (unpaired) electrons. The number of aromatic nitrogens is 2. The highest BCUT2D eigenvalue weighted by Gasteiger charge is 2.29. The summed E-state index contributed by atoms with van der Waals surface area (Å²) >= 11 is 1.36. The fourth-order valence-electron chi connectivity index (χ4n) is 1.29. The molecule has 1 aromatic rings. The summed E-state index contributed by atoms with van der Waals surface area (Å²) in [7, 11) is 3.53. The van der Waals surface area contributed by atoms with Gasteiger partial charge in [0.05, 0.1) is 0 Å². The predicted octanol–water partition coefficient (Wildman–Crippen LogP) is 2.31. The number of rotatable bonds is 3. The highest BCUT2D eigenvalue weighted by atomic mass is 32.1. The molecule has 0 fully saturated rings. The van der Waals surface area contributed by atoms with Crippen LogP contribution in [0.25, 0.3) is 0 Å². The third-order valence-electron chi connectivity index (χ3n) is 1.91. The third kappa shape index (κ3) is 2.42. The molecule has 0 aliphatic rings. The number of hydrogen-bond donors (Lipinski definition) is 1. The van der Waals surface area contributed by atoms with E-state index in [1.165, 1.54) is 11.5 Å². The molecular weight excluding hydrogens is 198 g/mol. The smallest absolute Gasteiger partial charge is 0.202 e. The van der Waals surface area contributed by atoms with E-state index in [2.05, 4.69) is 35.4 Å². The van der Waals surface area contributed by atoms with Gasteiger partial charge in [0.25, 0.3) is 0 Å². The lowest BCUT2D eigenvalue weighted by Crippen LogP contribution is -2.21. The molecule has 4 nitrogen and oxygen atoms in total. The number of nitrogens with zero attached hydrogens (tertiary/aromatic N) is 2. The Labute approximate surface area is 88.9 Å². The first-order valence-electron chi connectivity index (χ1n) is 4.53. The molecule has 14 heavy (non-hydrogen) atoms. The van der Waals surface area contributed by atoms with Gasteiger partial charge in [-0.25, -0.2) is 4.98 Å². The standard InChI is InChI=1S/C9H17N3OS/c1-9(2,3)6(13-5)7-11-8(10-4)14-12-7/h6H,1-5H3,(H,10,11,12). The fraction of sp³-hybridized carbons (Fsp3) is 0.778. The summed E-state index contributed by atoms with van der Waals surface area (Å²) in [5.74, 6) is 0.759. The molecule has 1 aromatic heterocycles. The Morgan fingerprint density at radius 3 is 2.43 bits per heavy atom. The van der Waals surface area contributed by atoms with Gasteiger partial charge >= 0.3 is 0 Å². The zero-order valence-electron chi connectivity index (χ0n) is 9.29. The highest BCUT2D eigenvalue weighted by Crippen LogP contribution is 2.34. The Balaban J connectivity index is 2.90. The molecule has 0 saturated heterocycles. The lowest BCUT2D eigenvalue weighted by atomic mass is 9.88. The number of methoxy groups -OCH3 is 1. The number of nitrogens with one attached hydrogen (secondary N) is 1. The second-order valence-electron chi connectivity index (χ2n) is 4.19. The van der Waals surface area contributed by atoms with Gasteiger partial charge in [0.15, 0.2) is 5.82 Å². The minimum Gasteiger partial charge on any atom is -0.373 e. The Morgan fingerprint density at radius 1 is 1.43 bits per heavy atom. The van der Waals surface area contributed by atoms with Crippen LogP contribution in [0.4, 0.5) is 5.13 Å². The van der Waals surface area contributed by atoms with Crippen LogP contribution in [-0.2, 0) is 4.74 Å². The Morgan fingerprint density at radius 2 is 2.07 bits per heavy atom. The van der Waals surface area contributed by atoms with E-state index >= 15 is 0 Å². The van der Waals surface area contributed by atoms with Crippen LogP contribution in [0.5, 0.6) is 0 Å². The molecule has 0 saturated carbocycles. The van der Waals surface area contributed by atoms with Crippen molar-refractivity contribution in [1.29, 1.82) is 0 Å². The van der Waals surface area contributed by atoms with Crippen LogP contribution < -0.4 is 5.32 Å². The van der Waals surface area contributed by atoms with Crippen molar-refractivity contribution in [3.8, 4) is 0 Å². The van der Waals surface area contributed by atoms with Gasteiger partial charge in [-0.2, -0.15) is 4.37 Å². The molecule has 0 aliphatic carbocycles. The summed E-state index contributed by atoms with van der Waals surface area (Å²) in [6.45, 7) is 6.34. The van der Waals surface area contributed by atoms with Gasteiger partial charge < -0.3 is 10.1 Å². The molecule has 0 aliphatic heterocycles. The second kappa shape index (κ2) is 4.23. The van der Waals surface area contributed by atoms with Gasteiger partial charge in [-0.05, 0) is 5.41 Å². The molecule has 0 bridgehead atoms. The molecule has 5 heteroatoms. The molecule has 80 valence electrons. The van der Waals surface area contributed by atoms with E-state index in [-0.39, 0.29) is 11.5 Å². The molecule has 1 unspecified atom stereocenters. The van der Waals surface area contributed by atoms with Crippen LogP contribution >= 0.6 is 11.5 Å². The van der Waals surface area contributed by atoms with E-state index in [4.69, 9.17) is 4.74 Å². The highest BCUT2D eigenvalue weighted by molar-refractivity contribution is 7.09. The van der Waals surface area contributed by atoms with Crippen molar-refractivity contribution in [2.45, 2.75) is 26.9 Å². The van der Waals surface area contributed by atoms with E-state index < -0.39 is 0 Å². The zero-order chi connectivity index (χ0) is 10.8. The lowest BCUT2D eigenvalue weighted by molar-refractivity contribution is 0.00960. The third-order valence-corrected chi connectivity index (χ3v) is 2.66. The normalized spacial score (nSPS) is 14.1. The van der Waals surface area contributed by atoms with Crippen molar-refractivity contribution in [3.05, 3.63) is 5.82 Å². The first-order valence-corrected chi connectivity index (χ1v) is 5.30. The Kier molecular flexibility index (Phi) is 3.44. The van der Waals surface area contributed by atoms with Crippen molar-refractivity contribution < 1.29 is 4.74 Å². The molecular formula is C9H17N3OS. The fourth-order valence-corrected chi connectivity index (χ4v) is 1.83. The topological polar surface area (TPSA) is 47.0 Å². The molecule has 1 rings (SSSR count). The van der Waals surface area contributed by atoms with E-state index in [0.29, 0.717) is 0 Å². The number of anilines is 1. The van der Waals surface area contributed by atoms with Crippen molar-refractivity contribution in [3.63, 3.8) is 0 Å². The summed E-state index contributed by atoms with van der Waals surface area (Å²) in [5.41, 5.74) is 0.0147. The van der Waals surface area contributed by atoms with Gasteiger partial charge in [-0.15, -0.1) is 0 Å². The van der Waals surface area contributed by atoms with Crippen LogP contribution in [-0.4, -0.2) is 23.5 Å². The Hall–Kier alpha value is -0.680. The van der Waals surface area contributed by atoms with E-state index in [1.807, 2.05) is 7.05 Å². The van der Waals surface area contributed by atoms with E-state index in [9.17, 15) is 0 Å². The average molecular weight is 215 g/mol. The van der Waals surface area contributed by atoms with Crippen LogP contribution in [0.2, 0.25) is 0 Å². The first-order chi connectivity index (χ1) is 6.49. The Bertz CT molecular complexity index is 292. The summed E-state index contributed by atoms with van der Waals surface area (Å²) in [4.78, 5) is 4.34. The maximum absolute atomic E-state index is 5.41. The van der Waals surface area contributed by atoms with Crippen LogP contribution in [0.3, 0.4) is 0 Å². The molecule has 1 atom stereocenters. The quantitative estimate of drug-likeness (QED) is 0.840. The molecule has 0 amide bonds. The van der Waals surface area contributed by atoms with E-state index in [0.717, 1.165) is 11.0 Å². The largest absolute Gasteiger partial charge is 0.373 e. The monoisotopic (exact) mass is 215 g/mol. The number of ether oxygens (including phenoxy) is 1. The minimum absolute atomic E-state index is 0.0147. The molecule has 0 spiro atoms. The van der Waals surface area contributed by atoms with Crippen molar-refractivity contribution in [2.24, 2.45) is 5.41 Å². The van der Waals surface area contributed by atoms with E-state index in [1.54, 1.807) is 7.11 Å². The average Bonchev–Trinajstić information content (AvgIpc) is 2.51. The van der Waals surface area contributed by atoms with Gasteiger partial charge in [0.2, 0.25) is 5.13 Å². The first kappa shape index (κ1) is 11.4. The van der Waals surface area contributed by atoms with Crippen molar-refractivity contribution >= 4 is 16.7 Å². The maximum Gasteiger partial charge on any atom is 0.202 e. The maximum atomic E-state index is 5.41. The van der Waals surface area contributed by atoms with Gasteiger partial charge in [0.1, 0.15) is 6.10 Å². The van der Waals surface area contributed by atoms with Crippen LogP contribution in [0.15, 0.2) is 0 Å². The van der Waals surface area contributed by atoms with Crippen molar-refractivity contribution in [1.82, 2.24) is 9.36 Å². The number of hydrogen-bond acceptors (Lipinski definition) is 5. The predicted molar refractivity (Wildman–Crippen MR) is 58.7 cm³/mol. The molecule has 1 heterocycles. The summed E-state index contributed by atoms with van der Waals surface area (Å²) < 4.78 is 9.68. The second-order valence-corrected chi connectivity index (χ2v) is 4.94. The molecule has 0 aromatic carbocycles. The van der Waals surface area contributed by atoms with Crippen LogP contribution in [0, 0.1) is 5.41 Å². The SMILES string of the molecule is CNc1nc(C(OC)C(C)(C)C)ns1. The summed E-state index contributed by atoms with van der Waals surface area (Å²) in [6.07, 6.45) is -0.0548.